The van der Waals surface area contributed by atoms with Gasteiger partial charge in [-0.25, -0.2) is 0 Å². The van der Waals surface area contributed by atoms with E-state index in [9.17, 15) is 9.90 Å². The van der Waals surface area contributed by atoms with Crippen molar-refractivity contribution in [3.05, 3.63) is 29.8 Å². The molecule has 1 atom stereocenters. The Morgan fingerprint density at radius 2 is 1.84 bits per heavy atom. The summed E-state index contributed by atoms with van der Waals surface area (Å²) in [6.45, 7) is 8.71. The van der Waals surface area contributed by atoms with Crippen molar-refractivity contribution in [2.75, 3.05) is 44.3 Å². The van der Waals surface area contributed by atoms with E-state index in [0.29, 0.717) is 19.6 Å². The number of hydrogen-bond donors (Lipinski definition) is 1. The highest BCUT2D eigenvalue weighted by Crippen LogP contribution is 2.20. The highest BCUT2D eigenvalue weighted by molar-refractivity contribution is 5.94. The summed E-state index contributed by atoms with van der Waals surface area (Å²) in [5.74, 6) is 0.0864. The van der Waals surface area contributed by atoms with Crippen LogP contribution in [-0.4, -0.2) is 71.9 Å². The van der Waals surface area contributed by atoms with Crippen LogP contribution in [0.15, 0.2) is 29.4 Å². The van der Waals surface area contributed by atoms with Gasteiger partial charge in [0.05, 0.1) is 11.8 Å². The molecule has 0 aromatic heterocycles. The first-order chi connectivity index (χ1) is 12.1. The normalized spacial score (nSPS) is 19.9. The number of aliphatic hydroxyl groups is 1. The number of hydrogen-bond acceptors (Lipinski definition) is 5. The average Bonchev–Trinajstić information content (AvgIpc) is 3.08. The maximum Gasteiger partial charge on any atom is 0.253 e. The number of rotatable bonds is 5. The highest BCUT2D eigenvalue weighted by Gasteiger charge is 2.23. The molecule has 3 rings (SSSR count). The maximum absolute atomic E-state index is 12.7. The Kier molecular flexibility index (Phi) is 5.71. The second-order valence-electron chi connectivity index (χ2n) is 6.91. The first-order valence-corrected chi connectivity index (χ1v) is 9.18. The topological polar surface area (TPSA) is 59.4 Å². The number of carbonyl (C=O) groups excluding carboxylic acids is 1. The van der Waals surface area contributed by atoms with Crippen molar-refractivity contribution in [3.8, 4) is 0 Å². The Labute approximate surface area is 149 Å². The molecule has 2 heterocycles. The van der Waals surface area contributed by atoms with Crippen LogP contribution in [0.4, 0.5) is 5.69 Å². The van der Waals surface area contributed by atoms with Gasteiger partial charge in [-0.05, 0) is 37.6 Å². The van der Waals surface area contributed by atoms with Gasteiger partial charge in [-0.2, -0.15) is 5.10 Å². The molecule has 6 heteroatoms. The molecule has 1 amide bonds. The van der Waals surface area contributed by atoms with Crippen LogP contribution in [0.25, 0.3) is 0 Å². The highest BCUT2D eigenvalue weighted by atomic mass is 16.3. The molecule has 136 valence electrons. The Balaban J connectivity index is 1.55. The summed E-state index contributed by atoms with van der Waals surface area (Å²) in [6.07, 6.45) is 1.50. The van der Waals surface area contributed by atoms with E-state index in [-0.39, 0.29) is 12.0 Å². The first-order valence-electron chi connectivity index (χ1n) is 9.18. The maximum atomic E-state index is 12.7. The van der Waals surface area contributed by atoms with Crippen molar-refractivity contribution in [1.82, 2.24) is 9.80 Å². The van der Waals surface area contributed by atoms with Crippen molar-refractivity contribution >= 4 is 17.3 Å². The van der Waals surface area contributed by atoms with Gasteiger partial charge in [-0.15, -0.1) is 0 Å². The number of nitrogens with zero attached hydrogens (tertiary/aromatic N) is 4. The van der Waals surface area contributed by atoms with E-state index in [1.165, 1.54) is 0 Å². The third-order valence-corrected chi connectivity index (χ3v) is 4.99. The van der Waals surface area contributed by atoms with E-state index in [0.717, 1.165) is 49.4 Å². The van der Waals surface area contributed by atoms with Crippen LogP contribution in [0.5, 0.6) is 0 Å². The average molecular weight is 344 g/mol. The van der Waals surface area contributed by atoms with E-state index in [2.05, 4.69) is 10.0 Å². The largest absolute Gasteiger partial charge is 0.392 e. The fraction of sp³-hybridized carbons (Fsp3) is 0.579. The summed E-state index contributed by atoms with van der Waals surface area (Å²) in [4.78, 5) is 16.8. The number of carbonyl (C=O) groups is 1. The van der Waals surface area contributed by atoms with E-state index in [1.54, 1.807) is 0 Å². The van der Waals surface area contributed by atoms with Gasteiger partial charge in [0.15, 0.2) is 0 Å². The van der Waals surface area contributed by atoms with E-state index in [4.69, 9.17) is 0 Å². The third-order valence-electron chi connectivity index (χ3n) is 4.99. The number of hydrazone groups is 1. The molecule has 1 saturated heterocycles. The Morgan fingerprint density at radius 3 is 2.40 bits per heavy atom. The van der Waals surface area contributed by atoms with Crippen molar-refractivity contribution in [3.63, 3.8) is 0 Å². The second kappa shape index (κ2) is 7.97. The molecule has 6 nitrogen and oxygen atoms in total. The molecule has 2 aliphatic rings. The minimum Gasteiger partial charge on any atom is -0.392 e. The Hall–Kier alpha value is -1.92. The lowest BCUT2D eigenvalue weighted by Crippen LogP contribution is -2.50. The van der Waals surface area contributed by atoms with Gasteiger partial charge in [0.25, 0.3) is 5.91 Å². The van der Waals surface area contributed by atoms with E-state index < -0.39 is 0 Å². The van der Waals surface area contributed by atoms with E-state index in [1.807, 2.05) is 48.0 Å². The number of β-amino-alcohol motifs (C(OH)–C–C–N with tert-alkyl or cyclic N) is 1. The minimum absolute atomic E-state index is 0.0864. The van der Waals surface area contributed by atoms with Gasteiger partial charge in [0.2, 0.25) is 0 Å². The van der Waals surface area contributed by atoms with Gasteiger partial charge in [-0.3, -0.25) is 14.7 Å². The Bertz CT molecular complexity index is 621. The zero-order valence-corrected chi connectivity index (χ0v) is 15.2. The zero-order valence-electron chi connectivity index (χ0n) is 15.2. The summed E-state index contributed by atoms with van der Waals surface area (Å²) in [5, 5.41) is 16.2. The molecule has 0 spiro atoms. The summed E-state index contributed by atoms with van der Waals surface area (Å²) in [5.41, 5.74) is 2.91. The summed E-state index contributed by atoms with van der Waals surface area (Å²) in [7, 11) is 0. The van der Waals surface area contributed by atoms with Gasteiger partial charge in [0.1, 0.15) is 0 Å². The molecule has 0 bridgehead atoms. The minimum atomic E-state index is -0.272. The van der Waals surface area contributed by atoms with Crippen LogP contribution in [0, 0.1) is 0 Å². The smallest absolute Gasteiger partial charge is 0.253 e. The van der Waals surface area contributed by atoms with Crippen molar-refractivity contribution in [2.45, 2.75) is 32.8 Å². The van der Waals surface area contributed by atoms with Gasteiger partial charge in [-0.1, -0.05) is 6.92 Å². The fourth-order valence-electron chi connectivity index (χ4n) is 3.28. The number of aliphatic hydroxyl groups excluding tert-OH is 1. The molecule has 0 radical (unpaired) electrons. The number of amides is 1. The van der Waals surface area contributed by atoms with E-state index >= 15 is 0 Å². The number of anilines is 1. The lowest BCUT2D eigenvalue weighted by atomic mass is 10.1. The monoisotopic (exact) mass is 344 g/mol. The molecule has 1 fully saturated rings. The Morgan fingerprint density at radius 1 is 1.16 bits per heavy atom. The number of benzene rings is 1. The summed E-state index contributed by atoms with van der Waals surface area (Å²) >= 11 is 0. The van der Waals surface area contributed by atoms with Crippen LogP contribution >= 0.6 is 0 Å². The van der Waals surface area contributed by atoms with Crippen LogP contribution < -0.4 is 5.01 Å². The van der Waals surface area contributed by atoms with Crippen LogP contribution in [0.2, 0.25) is 0 Å². The standard InChI is InChI=1S/C19H28N4O2/c1-3-18(24)14-21-10-12-22(13-11-21)19(25)16-4-6-17(7-5-16)23-9-8-15(2)20-23/h4-7,18,24H,3,8-14H2,1-2H3. The molecule has 0 saturated carbocycles. The number of piperazine rings is 1. The molecule has 25 heavy (non-hydrogen) atoms. The van der Waals surface area contributed by atoms with Gasteiger partial charge < -0.3 is 10.0 Å². The van der Waals surface area contributed by atoms with Crippen molar-refractivity contribution < 1.29 is 9.90 Å². The van der Waals surface area contributed by atoms with Crippen molar-refractivity contribution in [2.24, 2.45) is 5.10 Å². The van der Waals surface area contributed by atoms with Crippen LogP contribution in [-0.2, 0) is 0 Å². The molecule has 2 aliphatic heterocycles. The molecule has 0 aliphatic carbocycles. The zero-order chi connectivity index (χ0) is 17.8. The van der Waals surface area contributed by atoms with Gasteiger partial charge in [0, 0.05) is 57.0 Å². The summed E-state index contributed by atoms with van der Waals surface area (Å²) < 4.78 is 0. The molecule has 1 aromatic rings. The SMILES string of the molecule is CCC(O)CN1CCN(C(=O)c2ccc(N3CCC(C)=N3)cc2)CC1. The predicted octanol–water partition coefficient (Wildman–Crippen LogP) is 1.80. The molecule has 1 aromatic carbocycles. The quantitative estimate of drug-likeness (QED) is 0.885. The van der Waals surface area contributed by atoms with Crippen LogP contribution in [0.1, 0.15) is 37.0 Å². The van der Waals surface area contributed by atoms with Gasteiger partial charge >= 0.3 is 0 Å². The molecular weight excluding hydrogens is 316 g/mol. The molecule has 1 N–H and O–H groups in total. The summed E-state index contributed by atoms with van der Waals surface area (Å²) in [6, 6.07) is 7.74. The first kappa shape index (κ1) is 17.9. The fourth-order valence-corrected chi connectivity index (χ4v) is 3.28. The molecule has 1 unspecified atom stereocenters. The lowest BCUT2D eigenvalue weighted by molar-refractivity contribution is 0.0524. The third kappa shape index (κ3) is 4.38. The van der Waals surface area contributed by atoms with Crippen LogP contribution in [0.3, 0.4) is 0 Å². The lowest BCUT2D eigenvalue weighted by Gasteiger charge is -2.35. The predicted molar refractivity (Wildman–Crippen MR) is 100 cm³/mol. The van der Waals surface area contributed by atoms with Crippen molar-refractivity contribution in [1.29, 1.82) is 0 Å². The second-order valence-corrected chi connectivity index (χ2v) is 6.91. The molecular formula is C19H28N4O2.